The molecule has 2 unspecified atom stereocenters. The molecule has 0 spiro atoms. The van der Waals surface area contributed by atoms with Crippen LogP contribution in [0, 0.1) is 11.3 Å². The van der Waals surface area contributed by atoms with Crippen molar-refractivity contribution in [3.05, 3.63) is 94.0 Å². The zero-order valence-electron chi connectivity index (χ0n) is 16.9. The minimum atomic E-state index is -0.970. The molecule has 0 bridgehead atoms. The van der Waals surface area contributed by atoms with E-state index in [0.29, 0.717) is 33.6 Å². The van der Waals surface area contributed by atoms with E-state index >= 15 is 0 Å². The van der Waals surface area contributed by atoms with Crippen molar-refractivity contribution in [3.63, 3.8) is 0 Å². The van der Waals surface area contributed by atoms with Crippen molar-refractivity contribution in [2.45, 2.75) is 24.8 Å². The van der Waals surface area contributed by atoms with Crippen molar-refractivity contribution < 1.29 is 19.4 Å². The fourth-order valence-corrected chi connectivity index (χ4v) is 3.65. The summed E-state index contributed by atoms with van der Waals surface area (Å²) in [5.74, 6) is -0.0414. The molecule has 1 aliphatic rings. The predicted molar refractivity (Wildman–Crippen MR) is 119 cm³/mol. The third-order valence-corrected chi connectivity index (χ3v) is 5.52. The Hall–Kier alpha value is -3.82. The van der Waals surface area contributed by atoms with Crippen molar-refractivity contribution in [3.8, 4) is 17.6 Å². The summed E-state index contributed by atoms with van der Waals surface area (Å²) in [5.41, 5.74) is 2.43. The summed E-state index contributed by atoms with van der Waals surface area (Å²) in [6, 6.07) is 21.1. The molecule has 2 atom stereocenters. The van der Waals surface area contributed by atoms with E-state index in [2.05, 4.69) is 5.32 Å². The number of carboxylic acids is 1. The number of amides is 1. The van der Waals surface area contributed by atoms with Crippen molar-refractivity contribution >= 4 is 23.5 Å². The molecular weight excluding hydrogens is 428 g/mol. The number of hydrogen-bond donors (Lipinski definition) is 2. The lowest BCUT2D eigenvalue weighted by atomic mass is 10.1. The molecule has 160 valence electrons. The number of rotatable bonds is 7. The van der Waals surface area contributed by atoms with Gasteiger partial charge in [-0.25, -0.2) is 0 Å². The molecule has 1 aliphatic carbocycles. The van der Waals surface area contributed by atoms with Crippen LogP contribution >= 0.6 is 11.6 Å². The van der Waals surface area contributed by atoms with Gasteiger partial charge in [-0.05, 0) is 66.1 Å². The van der Waals surface area contributed by atoms with Gasteiger partial charge in [-0.3, -0.25) is 9.59 Å². The van der Waals surface area contributed by atoms with Crippen molar-refractivity contribution in [2.75, 3.05) is 0 Å². The highest BCUT2D eigenvalue weighted by Crippen LogP contribution is 2.41. The van der Waals surface area contributed by atoms with Crippen molar-refractivity contribution in [1.29, 1.82) is 5.26 Å². The summed E-state index contributed by atoms with van der Waals surface area (Å²) >= 11 is 5.93. The average Bonchev–Trinajstić information content (AvgIpc) is 3.54. The van der Waals surface area contributed by atoms with Crippen LogP contribution < -0.4 is 10.1 Å². The molecule has 3 aromatic carbocycles. The number of nitrogens with zero attached hydrogens (tertiary/aromatic N) is 1. The maximum absolute atomic E-state index is 12.6. The van der Waals surface area contributed by atoms with Gasteiger partial charge in [0, 0.05) is 22.5 Å². The van der Waals surface area contributed by atoms with Gasteiger partial charge in [-0.1, -0.05) is 29.8 Å². The normalized spacial score (nSPS) is 16.6. The van der Waals surface area contributed by atoms with Crippen LogP contribution in [0.5, 0.6) is 11.5 Å². The molecule has 2 N–H and O–H groups in total. The minimum Gasteiger partial charge on any atom is -0.481 e. The van der Waals surface area contributed by atoms with E-state index in [1.54, 1.807) is 36.4 Å². The molecule has 0 radical (unpaired) electrons. The summed E-state index contributed by atoms with van der Waals surface area (Å²) in [4.78, 5) is 23.4. The van der Waals surface area contributed by atoms with Gasteiger partial charge in [0.2, 0.25) is 0 Å². The minimum absolute atomic E-state index is 0.0992. The molecule has 0 aliphatic heterocycles. The van der Waals surface area contributed by atoms with Gasteiger partial charge >= 0.3 is 5.97 Å². The molecule has 0 saturated heterocycles. The van der Waals surface area contributed by atoms with E-state index in [1.165, 1.54) is 6.07 Å². The molecule has 32 heavy (non-hydrogen) atoms. The molecular formula is C25H19ClN2O4. The van der Waals surface area contributed by atoms with Crippen LogP contribution in [0.1, 0.15) is 39.4 Å². The Balaban J connectivity index is 1.37. The predicted octanol–water partition coefficient (Wildman–Crippen LogP) is 4.92. The molecule has 6 nitrogen and oxygen atoms in total. The van der Waals surface area contributed by atoms with Gasteiger partial charge in [-0.15, -0.1) is 0 Å². The second-order valence-corrected chi connectivity index (χ2v) is 8.05. The van der Waals surface area contributed by atoms with Crippen LogP contribution in [0.4, 0.5) is 0 Å². The highest BCUT2D eigenvalue weighted by atomic mass is 35.5. The smallest absolute Gasteiger partial charge is 0.307 e. The topological polar surface area (TPSA) is 99.4 Å². The van der Waals surface area contributed by atoms with Gasteiger partial charge in [0.1, 0.15) is 17.6 Å². The SMILES string of the molecule is N#Cc1cc(CC(=O)O)ccc1Oc1ccc(C(=O)NC2CC2c2ccc(Cl)cc2)cc1. The molecule has 0 heterocycles. The van der Waals surface area contributed by atoms with E-state index in [9.17, 15) is 14.9 Å². The van der Waals surface area contributed by atoms with E-state index in [0.717, 1.165) is 12.0 Å². The highest BCUT2D eigenvalue weighted by molar-refractivity contribution is 6.30. The number of halogens is 1. The number of carbonyl (C=O) groups excluding carboxylic acids is 1. The Morgan fingerprint density at radius 3 is 2.47 bits per heavy atom. The van der Waals surface area contributed by atoms with Crippen molar-refractivity contribution in [1.82, 2.24) is 5.32 Å². The number of benzene rings is 3. The van der Waals surface area contributed by atoms with E-state index in [-0.39, 0.29) is 23.9 Å². The lowest BCUT2D eigenvalue weighted by Crippen LogP contribution is -2.26. The van der Waals surface area contributed by atoms with E-state index in [1.807, 2.05) is 30.3 Å². The molecule has 0 aromatic heterocycles. The number of carbonyl (C=O) groups is 2. The maximum Gasteiger partial charge on any atom is 0.307 e. The Morgan fingerprint density at radius 2 is 1.81 bits per heavy atom. The monoisotopic (exact) mass is 446 g/mol. The van der Waals surface area contributed by atoms with Crippen LogP contribution in [-0.2, 0) is 11.2 Å². The highest BCUT2D eigenvalue weighted by Gasteiger charge is 2.39. The summed E-state index contributed by atoms with van der Waals surface area (Å²) < 4.78 is 5.76. The molecule has 1 saturated carbocycles. The first kappa shape index (κ1) is 21.4. The zero-order valence-corrected chi connectivity index (χ0v) is 17.7. The quantitative estimate of drug-likeness (QED) is 0.536. The number of nitriles is 1. The first-order valence-corrected chi connectivity index (χ1v) is 10.4. The molecule has 3 aromatic rings. The van der Waals surface area contributed by atoms with Gasteiger partial charge in [0.05, 0.1) is 12.0 Å². The first-order chi connectivity index (χ1) is 15.4. The summed E-state index contributed by atoms with van der Waals surface area (Å²) in [6.45, 7) is 0. The van der Waals surface area contributed by atoms with Crippen LogP contribution in [0.25, 0.3) is 0 Å². The Morgan fingerprint density at radius 1 is 1.09 bits per heavy atom. The van der Waals surface area contributed by atoms with E-state index < -0.39 is 5.97 Å². The Kier molecular flexibility index (Phi) is 6.11. The van der Waals surface area contributed by atoms with Crippen LogP contribution in [-0.4, -0.2) is 23.0 Å². The number of hydrogen-bond acceptors (Lipinski definition) is 4. The number of carboxylic acid groups (broad SMARTS) is 1. The lowest BCUT2D eigenvalue weighted by molar-refractivity contribution is -0.136. The largest absolute Gasteiger partial charge is 0.481 e. The Labute approximate surface area is 190 Å². The molecule has 4 rings (SSSR count). The molecule has 1 fully saturated rings. The van der Waals surface area contributed by atoms with Gasteiger partial charge in [0.15, 0.2) is 0 Å². The van der Waals surface area contributed by atoms with Crippen LogP contribution in [0.3, 0.4) is 0 Å². The second-order valence-electron chi connectivity index (χ2n) is 7.61. The second kappa shape index (κ2) is 9.13. The fraction of sp³-hybridized carbons (Fsp3) is 0.160. The fourth-order valence-electron chi connectivity index (χ4n) is 3.52. The maximum atomic E-state index is 12.6. The van der Waals surface area contributed by atoms with Gasteiger partial charge in [0.25, 0.3) is 5.91 Å². The number of nitrogens with one attached hydrogen (secondary N) is 1. The first-order valence-electron chi connectivity index (χ1n) is 10.0. The average molecular weight is 447 g/mol. The van der Waals surface area contributed by atoms with Crippen LogP contribution in [0.15, 0.2) is 66.7 Å². The zero-order chi connectivity index (χ0) is 22.7. The van der Waals surface area contributed by atoms with Gasteiger partial charge in [-0.2, -0.15) is 5.26 Å². The number of aliphatic carboxylic acids is 1. The summed E-state index contributed by atoms with van der Waals surface area (Å²) in [6.07, 6.45) is 0.724. The standard InChI is InChI=1S/C25H19ClN2O4/c26-19-6-2-16(3-7-19)21-13-22(21)28-25(31)17-4-8-20(9-5-17)32-23-10-1-15(12-24(29)30)11-18(23)14-27/h1-11,21-22H,12-13H2,(H,28,31)(H,29,30). The van der Waals surface area contributed by atoms with Crippen molar-refractivity contribution in [2.24, 2.45) is 0 Å². The summed E-state index contributed by atoms with van der Waals surface area (Å²) in [5, 5.41) is 22.0. The third-order valence-electron chi connectivity index (χ3n) is 5.27. The van der Waals surface area contributed by atoms with Crippen LogP contribution in [0.2, 0.25) is 5.02 Å². The Bertz CT molecular complexity index is 1200. The van der Waals surface area contributed by atoms with E-state index in [4.69, 9.17) is 21.4 Å². The number of ether oxygens (including phenoxy) is 1. The lowest BCUT2D eigenvalue weighted by Gasteiger charge is -2.10. The summed E-state index contributed by atoms with van der Waals surface area (Å²) in [7, 11) is 0. The molecule has 7 heteroatoms. The molecule has 1 amide bonds. The van der Waals surface area contributed by atoms with Gasteiger partial charge < -0.3 is 15.2 Å². The third kappa shape index (κ3) is 5.08.